The monoisotopic (exact) mass is 415 g/mol. The number of anilines is 1. The van der Waals surface area contributed by atoms with Gasteiger partial charge in [0.25, 0.3) is 5.79 Å². The maximum Gasteiger partial charge on any atom is 0.350 e. The second-order valence-electron chi connectivity index (χ2n) is 7.36. The van der Waals surface area contributed by atoms with Crippen molar-refractivity contribution in [2.45, 2.75) is 26.1 Å². The van der Waals surface area contributed by atoms with Crippen LogP contribution in [-0.2, 0) is 23.8 Å². The van der Waals surface area contributed by atoms with Gasteiger partial charge < -0.3 is 24.3 Å². The molecule has 30 heavy (non-hydrogen) atoms. The Bertz CT molecular complexity index is 846. The van der Waals surface area contributed by atoms with Crippen molar-refractivity contribution in [3.63, 3.8) is 0 Å². The fourth-order valence-electron chi connectivity index (χ4n) is 3.05. The molecule has 9 heteroatoms. The number of rotatable bonds is 7. The first-order valence-electron chi connectivity index (χ1n) is 9.78. The average molecular weight is 415 g/mol. The van der Waals surface area contributed by atoms with Crippen molar-refractivity contribution >= 4 is 17.6 Å². The number of morpholine rings is 1. The molecule has 0 unspecified atom stereocenters. The number of carbonyl (C=O) groups is 2. The van der Waals surface area contributed by atoms with E-state index in [1.165, 1.54) is 20.0 Å². The normalized spacial score (nSPS) is 18.8. The lowest BCUT2D eigenvalue weighted by Crippen LogP contribution is -2.42. The van der Waals surface area contributed by atoms with Gasteiger partial charge in [-0.2, -0.15) is 5.26 Å². The maximum atomic E-state index is 12.0. The molecule has 0 saturated carbocycles. The molecule has 2 fully saturated rings. The lowest BCUT2D eigenvalue weighted by atomic mass is 10.2. The Morgan fingerprint density at radius 2 is 1.93 bits per heavy atom. The highest BCUT2D eigenvalue weighted by Crippen LogP contribution is 2.25. The molecule has 3 rings (SSSR count). The third-order valence-corrected chi connectivity index (χ3v) is 4.58. The minimum absolute atomic E-state index is 0.244. The van der Waals surface area contributed by atoms with E-state index < -0.39 is 17.7 Å². The molecule has 2 aliphatic heterocycles. The summed E-state index contributed by atoms with van der Waals surface area (Å²) in [7, 11) is 0. The second kappa shape index (κ2) is 9.61. The quantitative estimate of drug-likeness (QED) is 0.308. The summed E-state index contributed by atoms with van der Waals surface area (Å²) in [6, 6.07) is 7.01. The van der Waals surface area contributed by atoms with E-state index >= 15 is 0 Å². The lowest BCUT2D eigenvalue weighted by Gasteiger charge is -2.29. The van der Waals surface area contributed by atoms with Crippen LogP contribution in [0.15, 0.2) is 30.0 Å². The number of nitriles is 1. The Morgan fingerprint density at radius 3 is 2.60 bits per heavy atom. The molecule has 1 aromatic rings. The Hall–Kier alpha value is -3.09. The predicted octanol–water partition coefficient (Wildman–Crippen LogP) is 1.79. The number of hydrogen-bond acceptors (Lipinski definition) is 9. The number of nitrogens with one attached hydrogen (secondary N) is 1. The molecule has 0 atom stereocenters. The van der Waals surface area contributed by atoms with Gasteiger partial charge in [-0.05, 0) is 18.6 Å². The van der Waals surface area contributed by atoms with Crippen LogP contribution in [0.3, 0.4) is 0 Å². The van der Waals surface area contributed by atoms with E-state index in [9.17, 15) is 14.9 Å². The Balaban J connectivity index is 1.59. The van der Waals surface area contributed by atoms with Crippen molar-refractivity contribution in [2.75, 3.05) is 44.8 Å². The maximum absolute atomic E-state index is 12.0. The van der Waals surface area contributed by atoms with E-state index in [4.69, 9.17) is 18.9 Å². The first-order valence-corrected chi connectivity index (χ1v) is 9.78. The zero-order chi connectivity index (χ0) is 21.6. The average Bonchev–Trinajstić information content (AvgIpc) is 2.70. The van der Waals surface area contributed by atoms with Crippen LogP contribution < -0.4 is 10.1 Å². The van der Waals surface area contributed by atoms with Crippen LogP contribution in [-0.4, -0.2) is 62.1 Å². The molecular weight excluding hydrogens is 390 g/mol. The van der Waals surface area contributed by atoms with Crippen LogP contribution in [0.5, 0.6) is 5.75 Å². The van der Waals surface area contributed by atoms with E-state index in [1.807, 2.05) is 0 Å². The molecule has 2 heterocycles. The fraction of sp³-hybridized carbons (Fsp3) is 0.476. The molecule has 0 amide bonds. The van der Waals surface area contributed by atoms with E-state index in [-0.39, 0.29) is 5.57 Å². The second-order valence-corrected chi connectivity index (χ2v) is 7.36. The number of esters is 2. The Morgan fingerprint density at radius 1 is 1.23 bits per heavy atom. The molecule has 0 spiro atoms. The third-order valence-electron chi connectivity index (χ3n) is 4.58. The summed E-state index contributed by atoms with van der Waals surface area (Å²) in [6.07, 6.45) is 2.05. The van der Waals surface area contributed by atoms with Gasteiger partial charge in [0.2, 0.25) is 0 Å². The summed E-state index contributed by atoms with van der Waals surface area (Å²) >= 11 is 0. The first-order chi connectivity index (χ1) is 14.4. The highest BCUT2D eigenvalue weighted by molar-refractivity contribution is 6.15. The van der Waals surface area contributed by atoms with Gasteiger partial charge in [-0.15, -0.1) is 0 Å². The minimum Gasteiger partial charge on any atom is -0.492 e. The van der Waals surface area contributed by atoms with Crippen molar-refractivity contribution in [3.05, 3.63) is 35.5 Å². The summed E-state index contributed by atoms with van der Waals surface area (Å²) in [5.41, 5.74) is 0.708. The molecule has 1 aromatic carbocycles. The van der Waals surface area contributed by atoms with E-state index in [0.29, 0.717) is 23.6 Å². The third kappa shape index (κ3) is 5.72. The molecule has 0 aliphatic carbocycles. The summed E-state index contributed by atoms with van der Waals surface area (Å²) in [4.78, 5) is 26.3. The fourth-order valence-corrected chi connectivity index (χ4v) is 3.05. The zero-order valence-electron chi connectivity index (χ0n) is 17.1. The van der Waals surface area contributed by atoms with Crippen molar-refractivity contribution in [2.24, 2.45) is 0 Å². The molecule has 1 N–H and O–H groups in total. The molecule has 0 aromatic heterocycles. The summed E-state index contributed by atoms with van der Waals surface area (Å²) in [5, 5.41) is 12.2. The van der Waals surface area contributed by atoms with Gasteiger partial charge >= 0.3 is 11.9 Å². The van der Waals surface area contributed by atoms with E-state index in [2.05, 4.69) is 16.3 Å². The molecule has 2 saturated heterocycles. The predicted molar refractivity (Wildman–Crippen MR) is 106 cm³/mol. The van der Waals surface area contributed by atoms with Gasteiger partial charge in [0.15, 0.2) is 5.57 Å². The Labute approximate surface area is 175 Å². The van der Waals surface area contributed by atoms with E-state index in [0.717, 1.165) is 39.3 Å². The minimum atomic E-state index is -1.29. The van der Waals surface area contributed by atoms with Crippen molar-refractivity contribution < 1.29 is 28.5 Å². The molecule has 0 bridgehead atoms. The van der Waals surface area contributed by atoms with Crippen LogP contribution in [0.4, 0.5) is 5.69 Å². The number of cyclic esters (lactones) is 2. The number of benzene rings is 1. The van der Waals surface area contributed by atoms with Crippen molar-refractivity contribution in [1.29, 1.82) is 5.26 Å². The molecule has 160 valence electrons. The number of hydrogen-bond donors (Lipinski definition) is 1. The van der Waals surface area contributed by atoms with Gasteiger partial charge in [0.1, 0.15) is 11.8 Å². The molecule has 9 nitrogen and oxygen atoms in total. The number of nitrogens with zero attached hydrogens (tertiary/aromatic N) is 2. The first kappa shape index (κ1) is 21.6. The van der Waals surface area contributed by atoms with Crippen LogP contribution in [0.2, 0.25) is 0 Å². The molecular formula is C21H25N3O6. The molecule has 2 aliphatic rings. The molecule has 0 radical (unpaired) electrons. The van der Waals surface area contributed by atoms with Crippen LogP contribution >= 0.6 is 0 Å². The SMILES string of the molecule is CC1(C)OC(=O)C(=CNc2ccc(C#N)c(OCCCN3CCOCC3)c2)C(=O)O1. The van der Waals surface area contributed by atoms with Gasteiger partial charge in [0.05, 0.1) is 25.4 Å². The highest BCUT2D eigenvalue weighted by atomic mass is 16.7. The van der Waals surface area contributed by atoms with Gasteiger partial charge in [0, 0.05) is 51.4 Å². The topological polar surface area (TPSA) is 110 Å². The van der Waals surface area contributed by atoms with Crippen molar-refractivity contribution in [3.8, 4) is 11.8 Å². The largest absolute Gasteiger partial charge is 0.492 e. The number of ether oxygens (including phenoxy) is 4. The zero-order valence-corrected chi connectivity index (χ0v) is 17.1. The van der Waals surface area contributed by atoms with Gasteiger partial charge in [-0.1, -0.05) is 0 Å². The standard InChI is InChI=1S/C21H25N3O6/c1-21(2)29-19(25)17(20(26)30-21)14-23-16-5-4-15(13-22)18(12-16)28-9-3-6-24-7-10-27-11-8-24/h4-5,12,14,23H,3,6-11H2,1-2H3. The van der Waals surface area contributed by atoms with Gasteiger partial charge in [-0.25, -0.2) is 9.59 Å². The number of carbonyl (C=O) groups excluding carboxylic acids is 2. The smallest absolute Gasteiger partial charge is 0.350 e. The van der Waals surface area contributed by atoms with Crippen LogP contribution in [0.25, 0.3) is 0 Å². The van der Waals surface area contributed by atoms with E-state index in [1.54, 1.807) is 18.2 Å². The van der Waals surface area contributed by atoms with Crippen molar-refractivity contribution in [1.82, 2.24) is 4.90 Å². The summed E-state index contributed by atoms with van der Waals surface area (Å²) < 4.78 is 21.2. The van der Waals surface area contributed by atoms with Crippen LogP contribution in [0, 0.1) is 11.3 Å². The summed E-state index contributed by atoms with van der Waals surface area (Å²) in [5.74, 6) is -2.39. The Kier molecular flexibility index (Phi) is 6.92. The van der Waals surface area contributed by atoms with Gasteiger partial charge in [-0.3, -0.25) is 4.90 Å². The highest BCUT2D eigenvalue weighted by Gasteiger charge is 2.38. The van der Waals surface area contributed by atoms with Crippen LogP contribution in [0.1, 0.15) is 25.8 Å². The summed E-state index contributed by atoms with van der Waals surface area (Å²) in [6.45, 7) is 7.66. The lowest BCUT2D eigenvalue weighted by molar-refractivity contribution is -0.222.